The van der Waals surface area contributed by atoms with Crippen LogP contribution in [-0.4, -0.2) is 35.9 Å². The number of hydrogen-bond acceptors (Lipinski definition) is 5. The van der Waals surface area contributed by atoms with Gasteiger partial charge in [0.25, 0.3) is 0 Å². The van der Waals surface area contributed by atoms with E-state index in [2.05, 4.69) is 6.92 Å². The van der Waals surface area contributed by atoms with E-state index in [9.17, 15) is 9.59 Å². The van der Waals surface area contributed by atoms with Crippen LogP contribution in [0, 0.1) is 0 Å². The molecule has 0 rings (SSSR count). The highest BCUT2D eigenvalue weighted by Crippen LogP contribution is 2.08. The summed E-state index contributed by atoms with van der Waals surface area (Å²) in [7, 11) is 0. The van der Waals surface area contributed by atoms with Gasteiger partial charge in [-0.25, -0.2) is 9.59 Å². The van der Waals surface area contributed by atoms with E-state index in [4.69, 9.17) is 14.6 Å². The van der Waals surface area contributed by atoms with Gasteiger partial charge in [-0.3, -0.25) is 0 Å². The molecule has 0 saturated carbocycles. The quantitative estimate of drug-likeness (QED) is 0.443. The van der Waals surface area contributed by atoms with Crippen LogP contribution in [0.15, 0.2) is 0 Å². The van der Waals surface area contributed by atoms with Gasteiger partial charge >= 0.3 is 11.9 Å². The molecule has 0 radical (unpaired) electrons. The van der Waals surface area contributed by atoms with Gasteiger partial charge in [0.15, 0.2) is 6.10 Å². The van der Waals surface area contributed by atoms with Crippen LogP contribution in [0.3, 0.4) is 0 Å². The minimum Gasteiger partial charge on any atom is -0.463 e. The second-order valence-electron chi connectivity index (χ2n) is 5.40. The van der Waals surface area contributed by atoms with E-state index in [0.717, 1.165) is 19.3 Å². The highest BCUT2D eigenvalue weighted by atomic mass is 16.6. The molecule has 124 valence electrons. The van der Waals surface area contributed by atoms with Crippen LogP contribution in [0.4, 0.5) is 0 Å². The Balaban J connectivity index is 3.51. The number of carbonyl (C=O) groups excluding carboxylic acids is 2. The van der Waals surface area contributed by atoms with Crippen molar-refractivity contribution in [1.29, 1.82) is 0 Å². The first-order valence-corrected chi connectivity index (χ1v) is 8.04. The molecule has 5 heteroatoms. The number of ether oxygens (including phenoxy) is 2. The number of esters is 2. The van der Waals surface area contributed by atoms with E-state index < -0.39 is 24.1 Å². The minimum absolute atomic E-state index is 0.352. The van der Waals surface area contributed by atoms with Gasteiger partial charge in [0.2, 0.25) is 0 Å². The van der Waals surface area contributed by atoms with Gasteiger partial charge in [-0.05, 0) is 20.3 Å². The number of hydrogen-bond donors (Lipinski definition) is 1. The lowest BCUT2D eigenvalue weighted by Crippen LogP contribution is -2.30. The summed E-state index contributed by atoms with van der Waals surface area (Å²) >= 11 is 0. The lowest BCUT2D eigenvalue weighted by molar-refractivity contribution is -0.171. The van der Waals surface area contributed by atoms with E-state index >= 15 is 0 Å². The molecule has 0 aliphatic rings. The van der Waals surface area contributed by atoms with Gasteiger partial charge in [0.1, 0.15) is 6.10 Å². The number of rotatable bonds is 12. The lowest BCUT2D eigenvalue weighted by atomic mass is 10.1. The molecule has 2 atom stereocenters. The fourth-order valence-corrected chi connectivity index (χ4v) is 1.85. The minimum atomic E-state index is -1.23. The largest absolute Gasteiger partial charge is 0.463 e. The van der Waals surface area contributed by atoms with Crippen LogP contribution in [0.2, 0.25) is 0 Å². The summed E-state index contributed by atoms with van der Waals surface area (Å²) in [4.78, 5) is 22.6. The van der Waals surface area contributed by atoms with Crippen molar-refractivity contribution in [3.8, 4) is 0 Å². The topological polar surface area (TPSA) is 72.8 Å². The van der Waals surface area contributed by atoms with Crippen molar-refractivity contribution in [3.63, 3.8) is 0 Å². The van der Waals surface area contributed by atoms with Crippen molar-refractivity contribution in [2.45, 2.75) is 84.3 Å². The average molecular weight is 302 g/mol. The Morgan fingerprint density at radius 1 is 0.905 bits per heavy atom. The predicted octanol–water partition coefficient (Wildman–Crippen LogP) is 2.98. The van der Waals surface area contributed by atoms with Crippen molar-refractivity contribution >= 4 is 11.9 Å². The molecule has 2 unspecified atom stereocenters. The Kier molecular flexibility index (Phi) is 12.0. The molecule has 0 aromatic carbocycles. The first kappa shape index (κ1) is 19.9. The molecule has 0 amide bonds. The Bertz CT molecular complexity index is 288. The summed E-state index contributed by atoms with van der Waals surface area (Å²) in [6.07, 6.45) is 7.21. The SMILES string of the molecule is CCCCCCCCCCOC(=O)C(C)OC(=O)C(C)O. The smallest absolute Gasteiger partial charge is 0.347 e. The fourth-order valence-electron chi connectivity index (χ4n) is 1.85. The van der Waals surface area contributed by atoms with Crippen molar-refractivity contribution in [2.75, 3.05) is 6.61 Å². The van der Waals surface area contributed by atoms with E-state index in [1.807, 2.05) is 0 Å². The van der Waals surface area contributed by atoms with E-state index in [1.165, 1.54) is 46.0 Å². The van der Waals surface area contributed by atoms with Crippen molar-refractivity contribution < 1.29 is 24.2 Å². The first-order chi connectivity index (χ1) is 9.99. The Labute approximate surface area is 128 Å². The third-order valence-electron chi connectivity index (χ3n) is 3.21. The van der Waals surface area contributed by atoms with Gasteiger partial charge < -0.3 is 14.6 Å². The molecule has 0 aromatic rings. The molecule has 0 heterocycles. The molecule has 0 saturated heterocycles. The first-order valence-electron chi connectivity index (χ1n) is 8.04. The van der Waals surface area contributed by atoms with Crippen molar-refractivity contribution in [1.82, 2.24) is 0 Å². The second-order valence-corrected chi connectivity index (χ2v) is 5.40. The molecule has 0 aliphatic carbocycles. The zero-order valence-electron chi connectivity index (χ0n) is 13.6. The maximum atomic E-state index is 11.5. The zero-order valence-corrected chi connectivity index (χ0v) is 13.6. The Morgan fingerprint density at radius 3 is 1.95 bits per heavy atom. The molecule has 1 N–H and O–H groups in total. The maximum Gasteiger partial charge on any atom is 0.347 e. The molecular weight excluding hydrogens is 272 g/mol. The molecule has 21 heavy (non-hydrogen) atoms. The molecule has 0 spiro atoms. The van der Waals surface area contributed by atoms with Crippen molar-refractivity contribution in [3.05, 3.63) is 0 Å². The van der Waals surface area contributed by atoms with Crippen LogP contribution in [-0.2, 0) is 19.1 Å². The van der Waals surface area contributed by atoms with Gasteiger partial charge in [-0.1, -0.05) is 51.9 Å². The zero-order chi connectivity index (χ0) is 16.1. The van der Waals surface area contributed by atoms with Crippen LogP contribution in [0.5, 0.6) is 0 Å². The van der Waals surface area contributed by atoms with E-state index in [1.54, 1.807) is 0 Å². The van der Waals surface area contributed by atoms with E-state index in [0.29, 0.717) is 6.61 Å². The van der Waals surface area contributed by atoms with Crippen LogP contribution in [0.25, 0.3) is 0 Å². The summed E-state index contributed by atoms with van der Waals surface area (Å²) in [5.41, 5.74) is 0. The lowest BCUT2D eigenvalue weighted by Gasteiger charge is -2.13. The van der Waals surface area contributed by atoms with Gasteiger partial charge in [0, 0.05) is 0 Å². The molecule has 0 aromatic heterocycles. The predicted molar refractivity (Wildman–Crippen MR) is 80.8 cm³/mol. The molecule has 0 aliphatic heterocycles. The summed E-state index contributed by atoms with van der Waals surface area (Å²) < 4.78 is 9.77. The van der Waals surface area contributed by atoms with Gasteiger partial charge in [-0.2, -0.15) is 0 Å². The number of carbonyl (C=O) groups is 2. The maximum absolute atomic E-state index is 11.5. The molecule has 0 bridgehead atoms. The van der Waals surface area contributed by atoms with Gasteiger partial charge in [-0.15, -0.1) is 0 Å². The number of aliphatic hydroxyl groups excluding tert-OH is 1. The summed E-state index contributed by atoms with van der Waals surface area (Å²) in [6.45, 7) is 5.29. The molecule has 0 fully saturated rings. The monoisotopic (exact) mass is 302 g/mol. The number of aliphatic hydroxyl groups is 1. The molecule has 5 nitrogen and oxygen atoms in total. The Morgan fingerprint density at radius 2 is 1.43 bits per heavy atom. The summed E-state index contributed by atoms with van der Waals surface area (Å²) in [5.74, 6) is -1.38. The second kappa shape index (κ2) is 12.6. The Hall–Kier alpha value is -1.10. The van der Waals surface area contributed by atoms with Crippen LogP contribution in [0.1, 0.15) is 72.1 Å². The summed E-state index contributed by atoms with van der Waals surface area (Å²) in [6, 6.07) is 0. The van der Waals surface area contributed by atoms with Gasteiger partial charge in [0.05, 0.1) is 6.61 Å². The normalized spacial score (nSPS) is 13.5. The third kappa shape index (κ3) is 11.3. The third-order valence-corrected chi connectivity index (χ3v) is 3.21. The standard InChI is InChI=1S/C16H30O5/c1-4-5-6-7-8-9-10-11-12-20-16(19)14(3)21-15(18)13(2)17/h13-14,17H,4-12H2,1-3H3. The van der Waals surface area contributed by atoms with E-state index in [-0.39, 0.29) is 0 Å². The molecular formula is C16H30O5. The number of unbranched alkanes of at least 4 members (excludes halogenated alkanes) is 7. The summed E-state index contributed by atoms with van der Waals surface area (Å²) in [5, 5.41) is 8.98. The highest BCUT2D eigenvalue weighted by Gasteiger charge is 2.21. The van der Waals surface area contributed by atoms with Crippen LogP contribution < -0.4 is 0 Å². The average Bonchev–Trinajstić information content (AvgIpc) is 2.44. The van der Waals surface area contributed by atoms with Crippen molar-refractivity contribution in [2.24, 2.45) is 0 Å². The highest BCUT2D eigenvalue weighted by molar-refractivity contribution is 5.80. The van der Waals surface area contributed by atoms with Crippen LogP contribution >= 0.6 is 0 Å². The fraction of sp³-hybridized carbons (Fsp3) is 0.875.